The van der Waals surface area contributed by atoms with Crippen LogP contribution in [0.5, 0.6) is 0 Å². The van der Waals surface area contributed by atoms with Crippen molar-refractivity contribution in [1.29, 1.82) is 0 Å². The summed E-state index contributed by atoms with van der Waals surface area (Å²) < 4.78 is 0. The second kappa shape index (κ2) is 8.22. The first kappa shape index (κ1) is 15.0. The standard InChI is InChI=1S/C6H8N2OS.C3H4O4/c7-6(9)2-1-5-3-10-4-8-5;4-2(5)1-3(6)7/h3-4H,1-2H2,(H2,7,9);1H2,(H,4,5)(H,6,7). The Morgan fingerprint density at radius 3 is 2.18 bits per heavy atom. The van der Waals surface area contributed by atoms with E-state index in [-0.39, 0.29) is 5.91 Å². The fourth-order valence-corrected chi connectivity index (χ4v) is 1.33. The number of rotatable bonds is 5. The number of amides is 1. The smallest absolute Gasteiger partial charge is 0.314 e. The second-order valence-corrected chi connectivity index (χ2v) is 3.63. The van der Waals surface area contributed by atoms with Crippen molar-refractivity contribution in [3.8, 4) is 0 Å². The van der Waals surface area contributed by atoms with E-state index < -0.39 is 18.4 Å². The van der Waals surface area contributed by atoms with E-state index in [0.717, 1.165) is 5.69 Å². The van der Waals surface area contributed by atoms with E-state index in [9.17, 15) is 14.4 Å². The molecular formula is C9H12N2O5S. The quantitative estimate of drug-likeness (QED) is 0.644. The minimum absolute atomic E-state index is 0.270. The topological polar surface area (TPSA) is 131 Å². The lowest BCUT2D eigenvalue weighted by atomic mass is 10.2. The van der Waals surface area contributed by atoms with Crippen LogP contribution in [0.1, 0.15) is 18.5 Å². The van der Waals surface area contributed by atoms with Crippen molar-refractivity contribution >= 4 is 29.2 Å². The van der Waals surface area contributed by atoms with E-state index in [1.807, 2.05) is 5.38 Å². The summed E-state index contributed by atoms with van der Waals surface area (Å²) in [6, 6.07) is 0. The number of aryl methyl sites for hydroxylation is 1. The van der Waals surface area contributed by atoms with Gasteiger partial charge in [-0.2, -0.15) is 0 Å². The third-order valence-corrected chi connectivity index (χ3v) is 2.05. The summed E-state index contributed by atoms with van der Waals surface area (Å²) in [6.45, 7) is 0. The average Bonchev–Trinajstić information content (AvgIpc) is 2.65. The summed E-state index contributed by atoms with van der Waals surface area (Å²) in [7, 11) is 0. The molecule has 0 aromatic carbocycles. The highest BCUT2D eigenvalue weighted by atomic mass is 32.1. The lowest BCUT2D eigenvalue weighted by molar-refractivity contribution is -0.147. The zero-order chi connectivity index (χ0) is 13.3. The molecule has 0 aliphatic heterocycles. The minimum atomic E-state index is -1.31. The SMILES string of the molecule is NC(=O)CCc1cscn1.O=C(O)CC(=O)O. The summed E-state index contributed by atoms with van der Waals surface area (Å²) >= 11 is 1.53. The molecule has 1 aromatic rings. The van der Waals surface area contributed by atoms with Gasteiger partial charge in [-0.1, -0.05) is 0 Å². The lowest BCUT2D eigenvalue weighted by Gasteiger charge is -1.89. The van der Waals surface area contributed by atoms with E-state index in [4.69, 9.17) is 15.9 Å². The van der Waals surface area contributed by atoms with E-state index in [0.29, 0.717) is 12.8 Å². The minimum Gasteiger partial charge on any atom is -0.481 e. The molecule has 0 unspecified atom stereocenters. The van der Waals surface area contributed by atoms with Crippen LogP contribution >= 0.6 is 11.3 Å². The van der Waals surface area contributed by atoms with Crippen LogP contribution in [-0.2, 0) is 20.8 Å². The molecule has 0 spiro atoms. The van der Waals surface area contributed by atoms with Crippen LogP contribution in [0, 0.1) is 0 Å². The molecule has 0 aliphatic rings. The van der Waals surface area contributed by atoms with E-state index in [1.165, 1.54) is 11.3 Å². The Morgan fingerprint density at radius 2 is 1.88 bits per heavy atom. The van der Waals surface area contributed by atoms with Crippen molar-refractivity contribution in [1.82, 2.24) is 4.98 Å². The molecule has 0 bridgehead atoms. The number of aromatic nitrogens is 1. The summed E-state index contributed by atoms with van der Waals surface area (Å²) in [5, 5.41) is 17.3. The zero-order valence-electron chi connectivity index (χ0n) is 8.83. The van der Waals surface area contributed by atoms with Crippen molar-refractivity contribution in [2.75, 3.05) is 0 Å². The third kappa shape index (κ3) is 10.3. The molecule has 0 atom stereocenters. The first-order valence-corrected chi connectivity index (χ1v) is 5.45. The molecule has 94 valence electrons. The van der Waals surface area contributed by atoms with Gasteiger partial charge in [0.15, 0.2) is 0 Å². The molecule has 17 heavy (non-hydrogen) atoms. The van der Waals surface area contributed by atoms with E-state index in [2.05, 4.69) is 4.98 Å². The van der Waals surface area contributed by atoms with Gasteiger partial charge < -0.3 is 15.9 Å². The van der Waals surface area contributed by atoms with Crippen LogP contribution in [-0.4, -0.2) is 33.0 Å². The van der Waals surface area contributed by atoms with Gasteiger partial charge in [0, 0.05) is 11.8 Å². The summed E-state index contributed by atoms with van der Waals surface area (Å²) in [5.74, 6) is -2.90. The molecule has 0 fully saturated rings. The van der Waals surface area contributed by atoms with Gasteiger partial charge >= 0.3 is 11.9 Å². The van der Waals surface area contributed by atoms with Crippen molar-refractivity contribution in [3.05, 3.63) is 16.6 Å². The van der Waals surface area contributed by atoms with Gasteiger partial charge in [0.25, 0.3) is 0 Å². The first-order valence-electron chi connectivity index (χ1n) is 4.50. The number of nitrogens with two attached hydrogens (primary N) is 1. The van der Waals surface area contributed by atoms with Crippen LogP contribution in [0.3, 0.4) is 0 Å². The zero-order valence-corrected chi connectivity index (χ0v) is 9.64. The van der Waals surface area contributed by atoms with Crippen molar-refractivity contribution in [2.24, 2.45) is 5.73 Å². The highest BCUT2D eigenvalue weighted by molar-refractivity contribution is 7.07. The third-order valence-electron chi connectivity index (χ3n) is 1.41. The molecule has 1 heterocycles. The van der Waals surface area contributed by atoms with Gasteiger partial charge in [-0.25, -0.2) is 4.98 Å². The van der Waals surface area contributed by atoms with Crippen LogP contribution in [0.15, 0.2) is 10.9 Å². The Bertz CT molecular complexity index is 365. The Kier molecular flexibility index (Phi) is 7.27. The Hall–Kier alpha value is -1.96. The predicted molar refractivity (Wildman–Crippen MR) is 59.5 cm³/mol. The van der Waals surface area contributed by atoms with Gasteiger partial charge in [-0.05, 0) is 6.42 Å². The predicted octanol–water partition coefficient (Wildman–Crippen LogP) is 0.107. The lowest BCUT2D eigenvalue weighted by Crippen LogP contribution is -2.11. The number of aliphatic carboxylic acids is 2. The number of hydrogen-bond donors (Lipinski definition) is 3. The second-order valence-electron chi connectivity index (χ2n) is 2.91. The molecule has 8 heteroatoms. The van der Waals surface area contributed by atoms with Crippen LogP contribution in [0.25, 0.3) is 0 Å². The molecule has 1 aromatic heterocycles. The van der Waals surface area contributed by atoms with E-state index >= 15 is 0 Å². The fraction of sp³-hybridized carbons (Fsp3) is 0.333. The van der Waals surface area contributed by atoms with Gasteiger partial charge in [0.1, 0.15) is 6.42 Å². The number of carbonyl (C=O) groups is 3. The number of carboxylic acids is 2. The number of carboxylic acid groups (broad SMARTS) is 2. The normalized spacial score (nSPS) is 8.94. The van der Waals surface area contributed by atoms with Gasteiger partial charge in [-0.15, -0.1) is 11.3 Å². The molecule has 7 nitrogen and oxygen atoms in total. The van der Waals surface area contributed by atoms with Crippen LogP contribution < -0.4 is 5.73 Å². The highest BCUT2D eigenvalue weighted by Crippen LogP contribution is 2.02. The van der Waals surface area contributed by atoms with Gasteiger partial charge in [-0.3, -0.25) is 14.4 Å². The number of thiazole rings is 1. The Morgan fingerprint density at radius 1 is 1.29 bits per heavy atom. The van der Waals surface area contributed by atoms with Crippen LogP contribution in [0.4, 0.5) is 0 Å². The molecule has 0 aliphatic carbocycles. The summed E-state index contributed by atoms with van der Waals surface area (Å²) in [5.41, 5.74) is 7.64. The highest BCUT2D eigenvalue weighted by Gasteiger charge is 2.01. The maximum Gasteiger partial charge on any atom is 0.314 e. The molecule has 0 saturated heterocycles. The van der Waals surface area contributed by atoms with Gasteiger partial charge in [0.05, 0.1) is 11.2 Å². The average molecular weight is 260 g/mol. The van der Waals surface area contributed by atoms with Crippen molar-refractivity contribution in [3.63, 3.8) is 0 Å². The molecule has 0 saturated carbocycles. The number of hydrogen-bond acceptors (Lipinski definition) is 5. The summed E-state index contributed by atoms with van der Waals surface area (Å²) in [4.78, 5) is 33.1. The van der Waals surface area contributed by atoms with E-state index in [1.54, 1.807) is 5.51 Å². The Labute approximate surface area is 101 Å². The van der Waals surface area contributed by atoms with Crippen molar-refractivity contribution in [2.45, 2.75) is 19.3 Å². The monoisotopic (exact) mass is 260 g/mol. The number of carbonyl (C=O) groups excluding carboxylic acids is 1. The molecule has 1 rings (SSSR count). The maximum absolute atomic E-state index is 10.3. The molecule has 0 radical (unpaired) electrons. The largest absolute Gasteiger partial charge is 0.481 e. The summed E-state index contributed by atoms with van der Waals surface area (Å²) in [6.07, 6.45) is 0.253. The Balaban J connectivity index is 0.000000325. The van der Waals surface area contributed by atoms with Crippen molar-refractivity contribution < 1.29 is 24.6 Å². The fourth-order valence-electron chi connectivity index (χ4n) is 0.742. The van der Waals surface area contributed by atoms with Gasteiger partial charge in [0.2, 0.25) is 5.91 Å². The first-order chi connectivity index (χ1) is 7.91. The number of primary amides is 1. The number of nitrogens with zero attached hydrogens (tertiary/aromatic N) is 1. The maximum atomic E-state index is 10.3. The van der Waals surface area contributed by atoms with Crippen LogP contribution in [0.2, 0.25) is 0 Å². The molecular weight excluding hydrogens is 248 g/mol. The molecule has 1 amide bonds. The molecule has 4 N–H and O–H groups in total.